The number of hydrogen-bond acceptors (Lipinski definition) is 2. The molecule has 2 aromatic rings. The fourth-order valence-electron chi connectivity index (χ4n) is 2.04. The first kappa shape index (κ1) is 11.3. The number of primary amides is 1. The number of benzene rings is 1. The molecule has 18 heavy (non-hydrogen) atoms. The van der Waals surface area contributed by atoms with Crippen LogP contribution in [-0.4, -0.2) is 15.8 Å². The Morgan fingerprint density at radius 2 is 2.33 bits per heavy atom. The van der Waals surface area contributed by atoms with Gasteiger partial charge in [-0.1, -0.05) is 11.6 Å². The van der Waals surface area contributed by atoms with Gasteiger partial charge in [-0.05, 0) is 37.0 Å². The molecule has 6 heteroatoms. The fourth-order valence-corrected chi connectivity index (χ4v) is 2.29. The van der Waals surface area contributed by atoms with Crippen LogP contribution in [0.4, 0.5) is 10.5 Å². The topological polar surface area (TPSA) is 72.9 Å². The third-order valence-electron chi connectivity index (χ3n) is 3.10. The van der Waals surface area contributed by atoms with Gasteiger partial charge in [0.05, 0.1) is 5.52 Å². The van der Waals surface area contributed by atoms with Crippen molar-refractivity contribution in [3.05, 3.63) is 23.4 Å². The Morgan fingerprint density at radius 1 is 1.56 bits per heavy atom. The minimum atomic E-state index is -0.587. The molecule has 3 N–H and O–H groups in total. The maximum absolute atomic E-state index is 10.8. The summed E-state index contributed by atoms with van der Waals surface area (Å²) in [5.41, 5.74) is 6.70. The molecule has 1 fully saturated rings. The lowest BCUT2D eigenvalue weighted by Crippen LogP contribution is -2.19. The average molecular weight is 265 g/mol. The smallest absolute Gasteiger partial charge is 0.316 e. The second kappa shape index (κ2) is 4.17. The van der Waals surface area contributed by atoms with Crippen LogP contribution in [0.1, 0.15) is 12.8 Å². The highest BCUT2D eigenvalue weighted by molar-refractivity contribution is 6.34. The number of nitrogens with zero attached hydrogens (tertiary/aromatic N) is 2. The Hall–Kier alpha value is -1.75. The van der Waals surface area contributed by atoms with E-state index in [1.165, 1.54) is 12.8 Å². The largest absolute Gasteiger partial charge is 0.351 e. The zero-order chi connectivity index (χ0) is 12.7. The monoisotopic (exact) mass is 264 g/mol. The van der Waals surface area contributed by atoms with Crippen molar-refractivity contribution >= 4 is 34.2 Å². The van der Waals surface area contributed by atoms with E-state index in [0.717, 1.165) is 23.4 Å². The second-order valence-corrected chi connectivity index (χ2v) is 5.00. The Balaban J connectivity index is 2.00. The highest BCUT2D eigenvalue weighted by Crippen LogP contribution is 2.33. The number of nitrogens with two attached hydrogens (primary N) is 1. The predicted molar refractivity (Wildman–Crippen MR) is 70.7 cm³/mol. The van der Waals surface area contributed by atoms with Gasteiger partial charge in [-0.3, -0.25) is 4.68 Å². The summed E-state index contributed by atoms with van der Waals surface area (Å²) < 4.78 is 1.93. The number of halogens is 1. The SMILES string of the molecule is NC(=O)Nc1ccc2c(c1)c(Cl)nn2CC1CC1. The van der Waals surface area contributed by atoms with Gasteiger partial charge in [-0.15, -0.1) is 0 Å². The second-order valence-electron chi connectivity index (χ2n) is 4.64. The Labute approximate surface area is 109 Å². The molecule has 1 aromatic heterocycles. The van der Waals surface area contributed by atoms with Gasteiger partial charge >= 0.3 is 6.03 Å². The number of fused-ring (bicyclic) bond motifs is 1. The molecule has 1 saturated carbocycles. The Morgan fingerprint density at radius 3 is 3.00 bits per heavy atom. The van der Waals surface area contributed by atoms with Crippen LogP contribution < -0.4 is 11.1 Å². The quantitative estimate of drug-likeness (QED) is 0.894. The summed E-state index contributed by atoms with van der Waals surface area (Å²) in [5.74, 6) is 0.729. The maximum Gasteiger partial charge on any atom is 0.316 e. The molecule has 0 radical (unpaired) electrons. The summed E-state index contributed by atoms with van der Waals surface area (Å²) in [5, 5.41) is 8.15. The van der Waals surface area contributed by atoms with Crippen LogP contribution in [0.25, 0.3) is 10.9 Å². The summed E-state index contributed by atoms with van der Waals surface area (Å²) in [7, 11) is 0. The molecule has 0 unspecified atom stereocenters. The number of aromatic nitrogens is 2. The van der Waals surface area contributed by atoms with Gasteiger partial charge in [0.1, 0.15) is 0 Å². The van der Waals surface area contributed by atoms with Gasteiger partial charge in [0, 0.05) is 17.6 Å². The third-order valence-corrected chi connectivity index (χ3v) is 3.38. The van der Waals surface area contributed by atoms with Crippen LogP contribution in [0.2, 0.25) is 5.15 Å². The lowest BCUT2D eigenvalue weighted by molar-refractivity contribution is 0.259. The molecule has 0 saturated heterocycles. The van der Waals surface area contributed by atoms with Crippen molar-refractivity contribution in [1.82, 2.24) is 9.78 Å². The maximum atomic E-state index is 10.8. The van der Waals surface area contributed by atoms with Crippen LogP contribution in [0.15, 0.2) is 18.2 Å². The summed E-state index contributed by atoms with van der Waals surface area (Å²) in [6, 6.07) is 4.91. The van der Waals surface area contributed by atoms with Crippen LogP contribution >= 0.6 is 11.6 Å². The molecule has 2 amide bonds. The van der Waals surface area contributed by atoms with E-state index in [9.17, 15) is 4.79 Å². The first-order valence-electron chi connectivity index (χ1n) is 5.86. The van der Waals surface area contributed by atoms with Crippen molar-refractivity contribution in [3.63, 3.8) is 0 Å². The zero-order valence-electron chi connectivity index (χ0n) is 9.69. The van der Waals surface area contributed by atoms with Crippen molar-refractivity contribution in [2.45, 2.75) is 19.4 Å². The van der Waals surface area contributed by atoms with Crippen LogP contribution in [-0.2, 0) is 6.54 Å². The molecule has 1 aliphatic carbocycles. The molecular formula is C12H13ClN4O. The van der Waals surface area contributed by atoms with Crippen molar-refractivity contribution in [3.8, 4) is 0 Å². The van der Waals surface area contributed by atoms with Gasteiger partial charge < -0.3 is 11.1 Å². The molecule has 0 bridgehead atoms. The molecule has 1 heterocycles. The lowest BCUT2D eigenvalue weighted by Gasteiger charge is -2.03. The van der Waals surface area contributed by atoms with E-state index in [2.05, 4.69) is 10.4 Å². The van der Waals surface area contributed by atoms with Crippen LogP contribution in [0, 0.1) is 5.92 Å². The van der Waals surface area contributed by atoms with Crippen molar-refractivity contribution in [2.75, 3.05) is 5.32 Å². The van der Waals surface area contributed by atoms with Crippen molar-refractivity contribution in [1.29, 1.82) is 0 Å². The lowest BCUT2D eigenvalue weighted by atomic mass is 10.2. The molecule has 1 aromatic carbocycles. The van der Waals surface area contributed by atoms with E-state index in [4.69, 9.17) is 17.3 Å². The fraction of sp³-hybridized carbons (Fsp3) is 0.333. The predicted octanol–water partition coefficient (Wildman–Crippen LogP) is 2.59. The number of carbonyl (C=O) groups is 1. The number of anilines is 1. The normalized spacial score (nSPS) is 14.9. The molecular weight excluding hydrogens is 252 g/mol. The Bertz CT molecular complexity index is 618. The van der Waals surface area contributed by atoms with E-state index in [1.807, 2.05) is 10.7 Å². The van der Waals surface area contributed by atoms with Crippen molar-refractivity contribution in [2.24, 2.45) is 11.7 Å². The van der Waals surface area contributed by atoms with E-state index >= 15 is 0 Å². The van der Waals surface area contributed by atoms with Gasteiger partial charge in [0.25, 0.3) is 0 Å². The Kier molecular flexibility index (Phi) is 2.63. The van der Waals surface area contributed by atoms with E-state index < -0.39 is 6.03 Å². The summed E-state index contributed by atoms with van der Waals surface area (Å²) in [4.78, 5) is 10.8. The van der Waals surface area contributed by atoms with Gasteiger partial charge in [-0.25, -0.2) is 4.79 Å². The summed E-state index contributed by atoms with van der Waals surface area (Å²) >= 11 is 6.11. The van der Waals surface area contributed by atoms with Gasteiger partial charge in [0.2, 0.25) is 0 Å². The summed E-state index contributed by atoms with van der Waals surface area (Å²) in [6.45, 7) is 0.909. The standard InChI is InChI=1S/C12H13ClN4O/c13-11-9-5-8(15-12(14)18)3-4-10(9)17(16-11)6-7-1-2-7/h3-5,7H,1-2,6H2,(H3,14,15,18). The minimum absolute atomic E-state index is 0.457. The number of urea groups is 1. The minimum Gasteiger partial charge on any atom is -0.351 e. The zero-order valence-corrected chi connectivity index (χ0v) is 10.4. The number of carbonyl (C=O) groups excluding carboxylic acids is 1. The van der Waals surface area contributed by atoms with Crippen molar-refractivity contribution < 1.29 is 4.79 Å². The third kappa shape index (κ3) is 2.13. The molecule has 0 spiro atoms. The van der Waals surface area contributed by atoms with E-state index in [0.29, 0.717) is 10.8 Å². The molecule has 0 atom stereocenters. The highest BCUT2D eigenvalue weighted by atomic mass is 35.5. The molecule has 3 rings (SSSR count). The van der Waals surface area contributed by atoms with E-state index in [-0.39, 0.29) is 0 Å². The van der Waals surface area contributed by atoms with Crippen LogP contribution in [0.5, 0.6) is 0 Å². The first-order valence-corrected chi connectivity index (χ1v) is 6.24. The highest BCUT2D eigenvalue weighted by Gasteiger charge is 2.23. The van der Waals surface area contributed by atoms with Gasteiger partial charge in [0.15, 0.2) is 5.15 Å². The number of hydrogen-bond donors (Lipinski definition) is 2. The molecule has 1 aliphatic rings. The summed E-state index contributed by atoms with van der Waals surface area (Å²) in [6.07, 6.45) is 2.53. The molecule has 94 valence electrons. The molecule has 5 nitrogen and oxygen atoms in total. The van der Waals surface area contributed by atoms with Gasteiger partial charge in [-0.2, -0.15) is 5.10 Å². The number of nitrogens with one attached hydrogen (secondary N) is 1. The van der Waals surface area contributed by atoms with E-state index in [1.54, 1.807) is 12.1 Å². The molecule has 0 aliphatic heterocycles. The number of rotatable bonds is 3. The number of amides is 2. The first-order chi connectivity index (χ1) is 8.63. The van der Waals surface area contributed by atoms with Crippen LogP contribution in [0.3, 0.4) is 0 Å². The average Bonchev–Trinajstić information content (AvgIpc) is 3.06.